The predicted octanol–water partition coefficient (Wildman–Crippen LogP) is 1.83. The minimum Gasteiger partial charge on any atom is -0.322 e. The maximum atomic E-state index is 4.59. The average Bonchev–Trinajstić information content (AvgIpc) is 3.09. The van der Waals surface area contributed by atoms with Gasteiger partial charge in [-0.1, -0.05) is 0 Å². The zero-order chi connectivity index (χ0) is 15.5. The molecule has 0 amide bonds. The third-order valence-electron chi connectivity index (χ3n) is 2.86. The lowest BCUT2D eigenvalue weighted by molar-refractivity contribution is 0.968. The van der Waals surface area contributed by atoms with Crippen molar-refractivity contribution >= 4 is 34.4 Å². The molecule has 23 heavy (non-hydrogen) atoms. The number of pyridine rings is 1. The molecule has 0 unspecified atom stereocenters. The highest BCUT2D eigenvalue weighted by Crippen LogP contribution is 2.26. The van der Waals surface area contributed by atoms with Crippen LogP contribution in [0.1, 0.15) is 0 Å². The molecule has 0 atom stereocenters. The van der Waals surface area contributed by atoms with E-state index in [9.17, 15) is 0 Å². The number of hydrogen-bond donors (Lipinski definition) is 2. The Morgan fingerprint density at radius 3 is 2.91 bits per heavy atom. The van der Waals surface area contributed by atoms with Gasteiger partial charge in [0.1, 0.15) is 29.0 Å². The third kappa shape index (κ3) is 2.92. The molecule has 9 nitrogen and oxygen atoms in total. The van der Waals surface area contributed by atoms with Gasteiger partial charge in [0, 0.05) is 12.4 Å². The van der Waals surface area contributed by atoms with Crippen LogP contribution in [-0.4, -0.2) is 40.1 Å². The summed E-state index contributed by atoms with van der Waals surface area (Å²) < 4.78 is 0. The highest BCUT2D eigenvalue weighted by Gasteiger charge is 2.09. The van der Waals surface area contributed by atoms with Crippen LogP contribution in [0.2, 0.25) is 0 Å². The van der Waals surface area contributed by atoms with Gasteiger partial charge in [0.2, 0.25) is 0 Å². The molecule has 10 heteroatoms. The summed E-state index contributed by atoms with van der Waals surface area (Å²) in [6, 6.07) is 3.75. The first-order valence-electron chi connectivity index (χ1n) is 6.57. The standard InChI is InChI=1S/C13H9N9S/c1-2-10(23-13-18-7-19-22-13)21-11-8(1)16-6-17-12(11)20-9-5-14-3-4-15-9/h1-7H,(H,18,19,22)(H,15,16,17,20). The Hall–Kier alpha value is -3.14. The van der Waals surface area contributed by atoms with Crippen LogP contribution < -0.4 is 5.32 Å². The average molecular weight is 323 g/mol. The molecule has 4 heterocycles. The van der Waals surface area contributed by atoms with E-state index in [1.54, 1.807) is 18.6 Å². The first-order chi connectivity index (χ1) is 11.4. The van der Waals surface area contributed by atoms with Crippen LogP contribution in [-0.2, 0) is 0 Å². The molecular weight excluding hydrogens is 314 g/mol. The molecule has 0 aliphatic carbocycles. The summed E-state index contributed by atoms with van der Waals surface area (Å²) in [7, 11) is 0. The van der Waals surface area contributed by atoms with E-state index in [1.165, 1.54) is 24.4 Å². The molecule has 0 radical (unpaired) electrons. The fourth-order valence-corrected chi connectivity index (χ4v) is 2.57. The van der Waals surface area contributed by atoms with Gasteiger partial charge in [-0.05, 0) is 23.9 Å². The van der Waals surface area contributed by atoms with E-state index in [-0.39, 0.29) is 0 Å². The van der Waals surface area contributed by atoms with Crippen LogP contribution in [0.25, 0.3) is 11.0 Å². The van der Waals surface area contributed by atoms with Crippen molar-refractivity contribution in [3.8, 4) is 0 Å². The first kappa shape index (κ1) is 13.5. The molecule has 0 saturated carbocycles. The lowest BCUT2D eigenvalue weighted by atomic mass is 10.3. The fourth-order valence-electron chi connectivity index (χ4n) is 1.90. The number of nitrogens with zero attached hydrogens (tertiary/aromatic N) is 7. The van der Waals surface area contributed by atoms with Gasteiger partial charge >= 0.3 is 0 Å². The number of hydrogen-bond acceptors (Lipinski definition) is 9. The van der Waals surface area contributed by atoms with Crippen molar-refractivity contribution < 1.29 is 0 Å². The second-order valence-corrected chi connectivity index (χ2v) is 5.36. The summed E-state index contributed by atoms with van der Waals surface area (Å²) in [6.45, 7) is 0. The molecule has 0 aliphatic heterocycles. The van der Waals surface area contributed by atoms with Crippen molar-refractivity contribution in [1.82, 2.24) is 40.1 Å². The maximum absolute atomic E-state index is 4.59. The smallest absolute Gasteiger partial charge is 0.194 e. The Kier molecular flexibility index (Phi) is 3.48. The van der Waals surface area contributed by atoms with Crippen molar-refractivity contribution in [2.45, 2.75) is 10.2 Å². The normalized spacial score (nSPS) is 10.8. The Morgan fingerprint density at radius 1 is 1.09 bits per heavy atom. The number of aromatic nitrogens is 8. The van der Waals surface area contributed by atoms with Crippen LogP contribution in [0.5, 0.6) is 0 Å². The monoisotopic (exact) mass is 323 g/mol. The molecule has 2 N–H and O–H groups in total. The van der Waals surface area contributed by atoms with Crippen molar-refractivity contribution in [3.05, 3.63) is 43.4 Å². The van der Waals surface area contributed by atoms with E-state index in [0.29, 0.717) is 22.3 Å². The van der Waals surface area contributed by atoms with E-state index in [0.717, 1.165) is 10.5 Å². The van der Waals surface area contributed by atoms with E-state index >= 15 is 0 Å². The molecule has 4 aromatic heterocycles. The minimum absolute atomic E-state index is 0.565. The largest absolute Gasteiger partial charge is 0.322 e. The molecule has 0 aliphatic rings. The van der Waals surface area contributed by atoms with Gasteiger partial charge in [-0.2, -0.15) is 0 Å². The van der Waals surface area contributed by atoms with Crippen molar-refractivity contribution in [1.29, 1.82) is 0 Å². The van der Waals surface area contributed by atoms with E-state index in [2.05, 4.69) is 45.4 Å². The van der Waals surface area contributed by atoms with Crippen LogP contribution in [0.15, 0.2) is 53.6 Å². The zero-order valence-corrected chi connectivity index (χ0v) is 12.4. The summed E-state index contributed by atoms with van der Waals surface area (Å²) in [6.07, 6.45) is 7.82. The third-order valence-corrected chi connectivity index (χ3v) is 3.69. The number of aromatic amines is 1. The van der Waals surface area contributed by atoms with Crippen molar-refractivity contribution in [2.24, 2.45) is 0 Å². The highest BCUT2D eigenvalue weighted by atomic mass is 32.2. The van der Waals surface area contributed by atoms with Gasteiger partial charge < -0.3 is 10.3 Å². The highest BCUT2D eigenvalue weighted by molar-refractivity contribution is 7.99. The van der Waals surface area contributed by atoms with Crippen LogP contribution in [0.4, 0.5) is 11.6 Å². The number of H-pyrrole nitrogens is 1. The zero-order valence-electron chi connectivity index (χ0n) is 11.6. The Labute approximate surface area is 134 Å². The number of anilines is 2. The maximum Gasteiger partial charge on any atom is 0.194 e. The molecule has 0 aromatic carbocycles. The van der Waals surface area contributed by atoms with E-state index < -0.39 is 0 Å². The SMILES string of the molecule is c1cnc(Nc2ncnc3ccc(Sc4nnc[nH]4)nc23)cn1. The predicted molar refractivity (Wildman–Crippen MR) is 83.2 cm³/mol. The molecule has 0 bridgehead atoms. The van der Waals surface area contributed by atoms with Gasteiger partial charge in [-0.15, -0.1) is 10.2 Å². The molecule has 0 fully saturated rings. The minimum atomic E-state index is 0.565. The van der Waals surface area contributed by atoms with Crippen molar-refractivity contribution in [3.63, 3.8) is 0 Å². The fraction of sp³-hybridized carbons (Fsp3) is 0. The molecule has 112 valence electrons. The van der Waals surface area contributed by atoms with Crippen LogP contribution in [0.3, 0.4) is 0 Å². The van der Waals surface area contributed by atoms with E-state index in [4.69, 9.17) is 0 Å². The second-order valence-electron chi connectivity index (χ2n) is 4.35. The summed E-state index contributed by atoms with van der Waals surface area (Å²) in [4.78, 5) is 24.2. The van der Waals surface area contributed by atoms with Gasteiger partial charge in [0.15, 0.2) is 11.0 Å². The van der Waals surface area contributed by atoms with Gasteiger partial charge in [-0.25, -0.2) is 19.9 Å². The van der Waals surface area contributed by atoms with Crippen molar-refractivity contribution in [2.75, 3.05) is 5.32 Å². The van der Waals surface area contributed by atoms with E-state index in [1.807, 2.05) is 12.1 Å². The second kappa shape index (κ2) is 5.93. The summed E-state index contributed by atoms with van der Waals surface area (Å²) in [5.74, 6) is 1.15. The van der Waals surface area contributed by atoms with Gasteiger partial charge in [0.05, 0.1) is 11.7 Å². The molecule has 0 saturated heterocycles. The summed E-state index contributed by atoms with van der Waals surface area (Å²) in [5.41, 5.74) is 1.37. The van der Waals surface area contributed by atoms with Gasteiger partial charge in [0.25, 0.3) is 0 Å². The number of nitrogens with one attached hydrogen (secondary N) is 2. The summed E-state index contributed by atoms with van der Waals surface area (Å²) >= 11 is 1.37. The molecule has 4 rings (SSSR count). The lowest BCUT2D eigenvalue weighted by Gasteiger charge is -2.07. The van der Waals surface area contributed by atoms with Crippen LogP contribution >= 0.6 is 11.8 Å². The first-order valence-corrected chi connectivity index (χ1v) is 7.39. The molecule has 0 spiro atoms. The quantitative estimate of drug-likeness (QED) is 0.579. The Morgan fingerprint density at radius 2 is 2.09 bits per heavy atom. The Bertz CT molecular complexity index is 927. The molecule has 4 aromatic rings. The Balaban J connectivity index is 1.72. The van der Waals surface area contributed by atoms with Crippen LogP contribution in [0, 0.1) is 0 Å². The summed E-state index contributed by atoms with van der Waals surface area (Å²) in [5, 5.41) is 12.2. The number of fused-ring (bicyclic) bond motifs is 1. The van der Waals surface area contributed by atoms with Gasteiger partial charge in [-0.3, -0.25) is 4.98 Å². The lowest BCUT2D eigenvalue weighted by Crippen LogP contribution is -1.99. The number of rotatable bonds is 4. The molecular formula is C13H9N9S. The topological polar surface area (TPSA) is 118 Å².